The Morgan fingerprint density at radius 2 is 1.91 bits per heavy atom. The maximum Gasteiger partial charge on any atom is 0.352 e. The van der Waals surface area contributed by atoms with Crippen LogP contribution in [0.15, 0.2) is 34.0 Å². The van der Waals surface area contributed by atoms with Gasteiger partial charge in [-0.15, -0.1) is 0 Å². The third-order valence-corrected chi connectivity index (χ3v) is 5.93. The Morgan fingerprint density at radius 3 is 2.53 bits per heavy atom. The summed E-state index contributed by atoms with van der Waals surface area (Å²) in [5.41, 5.74) is 3.09. The third-order valence-electron chi connectivity index (χ3n) is 5.60. The van der Waals surface area contributed by atoms with Gasteiger partial charge >= 0.3 is 5.69 Å². The number of primary amides is 1. The van der Waals surface area contributed by atoms with Crippen molar-refractivity contribution in [1.29, 1.82) is 5.26 Å². The van der Waals surface area contributed by atoms with Crippen LogP contribution in [0.25, 0.3) is 5.69 Å². The molecule has 3 rings (SSSR count). The summed E-state index contributed by atoms with van der Waals surface area (Å²) in [4.78, 5) is 48.5. The lowest BCUT2D eigenvalue weighted by Crippen LogP contribution is -2.43. The van der Waals surface area contributed by atoms with E-state index in [1.807, 2.05) is 0 Å². The molecule has 1 aliphatic carbocycles. The predicted octanol–water partition coefficient (Wildman–Crippen LogP) is 1.13. The average molecular weight is 459 g/mol. The number of nitriles is 1. The quantitative estimate of drug-likeness (QED) is 0.618. The van der Waals surface area contributed by atoms with Crippen molar-refractivity contribution in [3.05, 3.63) is 55.8 Å². The van der Waals surface area contributed by atoms with Gasteiger partial charge in [0.15, 0.2) is 0 Å². The number of nitrogens with one attached hydrogen (secondary N) is 1. The minimum atomic E-state index is -0.883. The molecule has 2 aromatic rings. The van der Waals surface area contributed by atoms with Gasteiger partial charge in [0.1, 0.15) is 12.7 Å². The smallest absolute Gasteiger partial charge is 0.352 e. The van der Waals surface area contributed by atoms with E-state index < -0.39 is 35.0 Å². The highest BCUT2D eigenvalue weighted by Gasteiger charge is 2.31. The minimum absolute atomic E-state index is 0.0900. The topological polar surface area (TPSA) is 153 Å². The molecule has 1 aromatic carbocycles. The molecule has 11 heteroatoms. The van der Waals surface area contributed by atoms with Gasteiger partial charge in [-0.25, -0.2) is 9.36 Å². The molecule has 0 radical (unpaired) electrons. The maximum atomic E-state index is 12.9. The van der Waals surface area contributed by atoms with Crippen molar-refractivity contribution in [2.45, 2.75) is 45.1 Å². The van der Waals surface area contributed by atoms with Crippen LogP contribution >= 0.6 is 11.6 Å². The number of halogens is 1. The Bertz CT molecular complexity index is 1190. The summed E-state index contributed by atoms with van der Waals surface area (Å²) in [7, 11) is 0. The molecule has 10 nitrogen and oxygen atoms in total. The molecule has 32 heavy (non-hydrogen) atoms. The molecule has 0 spiro atoms. The van der Waals surface area contributed by atoms with Gasteiger partial charge in [0.05, 0.1) is 27.8 Å². The first-order valence-electron chi connectivity index (χ1n) is 10.2. The fourth-order valence-electron chi connectivity index (χ4n) is 3.81. The molecule has 0 atom stereocenters. The highest BCUT2D eigenvalue weighted by Crippen LogP contribution is 2.34. The molecule has 168 valence electrons. The van der Waals surface area contributed by atoms with Crippen LogP contribution in [0.1, 0.15) is 48.9 Å². The number of nitrogens with zero attached hydrogens (tertiary/aromatic N) is 4. The molecule has 3 N–H and O–H groups in total. The van der Waals surface area contributed by atoms with E-state index in [1.54, 1.807) is 0 Å². The zero-order chi connectivity index (χ0) is 23.3. The van der Waals surface area contributed by atoms with E-state index in [0.29, 0.717) is 4.57 Å². The standard InChI is InChI=1S/C21H23ClN6O4/c22-16-6-5-14(28-20(32)27(11-17(24)29)18(30)10-26-28)9-15(16)19(31)25-13-21(12-23)7-3-1-2-4-8-21/h5-6,9-10H,1-4,7-8,11,13H2,(H2,24,29)(H,25,31). The summed E-state index contributed by atoms with van der Waals surface area (Å²) in [5.74, 6) is -1.35. The summed E-state index contributed by atoms with van der Waals surface area (Å²) in [6, 6.07) is 6.61. The summed E-state index contributed by atoms with van der Waals surface area (Å²) in [5, 5.41) is 16.5. The number of carbonyl (C=O) groups is 2. The number of hydrogen-bond acceptors (Lipinski definition) is 6. The number of nitrogens with two attached hydrogens (primary N) is 1. The molecule has 1 aromatic heterocycles. The van der Waals surface area contributed by atoms with Crippen LogP contribution in [-0.4, -0.2) is 32.7 Å². The number of benzene rings is 1. The Morgan fingerprint density at radius 1 is 1.22 bits per heavy atom. The molecule has 0 unspecified atom stereocenters. The van der Waals surface area contributed by atoms with Crippen molar-refractivity contribution < 1.29 is 9.59 Å². The molecule has 1 heterocycles. The first kappa shape index (κ1) is 23.2. The van der Waals surface area contributed by atoms with Crippen LogP contribution in [0, 0.1) is 16.7 Å². The highest BCUT2D eigenvalue weighted by atomic mass is 35.5. The lowest BCUT2D eigenvalue weighted by molar-refractivity contribution is -0.118. The van der Waals surface area contributed by atoms with Gasteiger partial charge in [0.2, 0.25) is 5.91 Å². The van der Waals surface area contributed by atoms with Gasteiger partial charge in [-0.2, -0.15) is 15.0 Å². The van der Waals surface area contributed by atoms with Gasteiger partial charge < -0.3 is 11.1 Å². The first-order valence-corrected chi connectivity index (χ1v) is 10.6. The molecule has 1 saturated carbocycles. The van der Waals surface area contributed by atoms with E-state index in [9.17, 15) is 24.4 Å². The molecule has 1 fully saturated rings. The largest absolute Gasteiger partial charge is 0.368 e. The summed E-state index contributed by atoms with van der Waals surface area (Å²) in [6.45, 7) is -0.401. The Kier molecular flexibility index (Phi) is 7.10. The molecular formula is C21H23ClN6O4. The number of aromatic nitrogens is 3. The molecule has 1 aliphatic rings. The van der Waals surface area contributed by atoms with E-state index in [4.69, 9.17) is 17.3 Å². The molecule has 0 bridgehead atoms. The van der Waals surface area contributed by atoms with Crippen LogP contribution in [-0.2, 0) is 11.3 Å². The van der Waals surface area contributed by atoms with Crippen LogP contribution in [0.3, 0.4) is 0 Å². The van der Waals surface area contributed by atoms with Gasteiger partial charge in [0.25, 0.3) is 11.5 Å². The fraction of sp³-hybridized carbons (Fsp3) is 0.429. The average Bonchev–Trinajstić information content (AvgIpc) is 3.02. The fourth-order valence-corrected chi connectivity index (χ4v) is 4.01. The lowest BCUT2D eigenvalue weighted by atomic mass is 9.82. The zero-order valence-electron chi connectivity index (χ0n) is 17.3. The van der Waals surface area contributed by atoms with E-state index in [2.05, 4.69) is 16.5 Å². The Labute approximate surface area is 188 Å². The van der Waals surface area contributed by atoms with Crippen molar-refractivity contribution >= 4 is 23.4 Å². The van der Waals surface area contributed by atoms with Gasteiger partial charge in [-0.05, 0) is 31.0 Å². The second-order valence-corrected chi connectivity index (χ2v) is 8.29. The second kappa shape index (κ2) is 9.78. The zero-order valence-corrected chi connectivity index (χ0v) is 18.1. The van der Waals surface area contributed by atoms with Gasteiger partial charge in [-0.1, -0.05) is 37.3 Å². The van der Waals surface area contributed by atoms with E-state index in [-0.39, 0.29) is 22.8 Å². The van der Waals surface area contributed by atoms with Crippen molar-refractivity contribution in [3.63, 3.8) is 0 Å². The second-order valence-electron chi connectivity index (χ2n) is 7.88. The van der Waals surface area contributed by atoms with E-state index >= 15 is 0 Å². The third kappa shape index (κ3) is 5.06. The molecule has 0 aliphatic heterocycles. The molecular weight excluding hydrogens is 436 g/mol. The lowest BCUT2D eigenvalue weighted by Gasteiger charge is -2.25. The number of rotatable bonds is 6. The van der Waals surface area contributed by atoms with Crippen LogP contribution in [0.5, 0.6) is 0 Å². The normalized spacial score (nSPS) is 15.4. The van der Waals surface area contributed by atoms with Gasteiger partial charge in [0, 0.05) is 6.54 Å². The minimum Gasteiger partial charge on any atom is -0.368 e. The maximum absolute atomic E-state index is 12.9. The van der Waals surface area contributed by atoms with E-state index in [0.717, 1.165) is 49.4 Å². The number of hydrogen-bond donors (Lipinski definition) is 2. The summed E-state index contributed by atoms with van der Waals surface area (Å²) < 4.78 is 1.52. The highest BCUT2D eigenvalue weighted by molar-refractivity contribution is 6.33. The summed E-state index contributed by atoms with van der Waals surface area (Å²) >= 11 is 6.21. The Balaban J connectivity index is 1.89. The Hall–Kier alpha value is -3.45. The monoisotopic (exact) mass is 458 g/mol. The van der Waals surface area contributed by atoms with Crippen LogP contribution < -0.4 is 22.3 Å². The van der Waals surface area contributed by atoms with Crippen molar-refractivity contribution in [3.8, 4) is 11.8 Å². The molecule has 0 saturated heterocycles. The van der Waals surface area contributed by atoms with Crippen molar-refractivity contribution in [2.24, 2.45) is 11.1 Å². The van der Waals surface area contributed by atoms with Crippen molar-refractivity contribution in [1.82, 2.24) is 19.7 Å². The number of carbonyl (C=O) groups excluding carboxylic acids is 2. The first-order chi connectivity index (χ1) is 15.3. The van der Waals surface area contributed by atoms with Crippen LogP contribution in [0.2, 0.25) is 5.02 Å². The predicted molar refractivity (Wildman–Crippen MR) is 116 cm³/mol. The van der Waals surface area contributed by atoms with Crippen LogP contribution in [0.4, 0.5) is 0 Å². The van der Waals surface area contributed by atoms with Crippen molar-refractivity contribution in [2.75, 3.05) is 6.54 Å². The summed E-state index contributed by atoms with van der Waals surface area (Å²) in [6.07, 6.45) is 6.35. The molecule has 2 amide bonds. The van der Waals surface area contributed by atoms with E-state index in [1.165, 1.54) is 18.2 Å². The number of amides is 2. The van der Waals surface area contributed by atoms with Gasteiger partial charge in [-0.3, -0.25) is 14.4 Å². The SMILES string of the molecule is N#CC1(CNC(=O)c2cc(-n3ncc(=O)n(CC(N)=O)c3=O)ccc2Cl)CCCCCC1.